The largest absolute Gasteiger partial charge is 0.360 e. The highest BCUT2D eigenvalue weighted by Crippen LogP contribution is 2.28. The van der Waals surface area contributed by atoms with Crippen LogP contribution in [-0.2, 0) is 5.88 Å². The van der Waals surface area contributed by atoms with Crippen molar-refractivity contribution < 1.29 is 4.39 Å². The Morgan fingerprint density at radius 3 is 2.92 bits per heavy atom. The van der Waals surface area contributed by atoms with Crippen molar-refractivity contribution in [2.24, 2.45) is 0 Å². The number of H-pyrrole nitrogens is 1. The second kappa shape index (κ2) is 3.31. The highest BCUT2D eigenvalue weighted by molar-refractivity contribution is 9.10. The fourth-order valence-electron chi connectivity index (χ4n) is 1.31. The summed E-state index contributed by atoms with van der Waals surface area (Å²) in [4.78, 5) is 2.98. The van der Waals surface area contributed by atoms with Crippen LogP contribution >= 0.6 is 27.5 Å². The van der Waals surface area contributed by atoms with Crippen molar-refractivity contribution >= 4 is 38.4 Å². The van der Waals surface area contributed by atoms with E-state index < -0.39 is 0 Å². The molecule has 0 atom stereocenters. The number of aromatic amines is 1. The summed E-state index contributed by atoms with van der Waals surface area (Å²) in [6.07, 6.45) is 1.79. The molecule has 1 heterocycles. The highest BCUT2D eigenvalue weighted by atomic mass is 79.9. The third-order valence-corrected chi connectivity index (χ3v) is 3.04. The molecule has 68 valence electrons. The van der Waals surface area contributed by atoms with Gasteiger partial charge < -0.3 is 4.98 Å². The number of rotatable bonds is 1. The van der Waals surface area contributed by atoms with Crippen LogP contribution in [0.1, 0.15) is 5.56 Å². The minimum absolute atomic E-state index is 0.268. The van der Waals surface area contributed by atoms with Crippen LogP contribution in [0.5, 0.6) is 0 Å². The topological polar surface area (TPSA) is 15.8 Å². The Labute approximate surface area is 88.0 Å². The van der Waals surface area contributed by atoms with Gasteiger partial charge in [-0.15, -0.1) is 11.6 Å². The smallest absolute Gasteiger partial charge is 0.139 e. The third kappa shape index (κ3) is 1.36. The van der Waals surface area contributed by atoms with Crippen molar-refractivity contribution in [3.8, 4) is 0 Å². The molecule has 0 bridgehead atoms. The second-order valence-corrected chi connectivity index (χ2v) is 3.79. The summed E-state index contributed by atoms with van der Waals surface area (Å²) in [7, 11) is 0. The first-order valence-corrected chi connectivity index (χ1v) is 5.06. The second-order valence-electron chi connectivity index (χ2n) is 2.73. The first-order valence-electron chi connectivity index (χ1n) is 3.74. The molecule has 0 aliphatic carbocycles. The maximum Gasteiger partial charge on any atom is 0.139 e. The summed E-state index contributed by atoms with van der Waals surface area (Å²) in [6.45, 7) is 0. The Kier molecular flexibility index (Phi) is 2.30. The molecule has 2 rings (SSSR count). The van der Waals surface area contributed by atoms with Gasteiger partial charge in [0, 0.05) is 17.5 Å². The van der Waals surface area contributed by atoms with Gasteiger partial charge in [-0.25, -0.2) is 4.39 Å². The third-order valence-electron chi connectivity index (χ3n) is 1.98. The number of alkyl halides is 1. The van der Waals surface area contributed by atoms with Gasteiger partial charge >= 0.3 is 0 Å². The molecule has 13 heavy (non-hydrogen) atoms. The number of hydrogen-bond donors (Lipinski definition) is 1. The van der Waals surface area contributed by atoms with Gasteiger partial charge in [-0.05, 0) is 33.6 Å². The number of nitrogens with one attached hydrogen (secondary N) is 1. The van der Waals surface area contributed by atoms with Crippen LogP contribution in [0, 0.1) is 5.82 Å². The number of fused-ring (bicyclic) bond motifs is 1. The van der Waals surface area contributed by atoms with E-state index in [2.05, 4.69) is 20.9 Å². The van der Waals surface area contributed by atoms with Gasteiger partial charge in [0.15, 0.2) is 0 Å². The number of halogens is 3. The molecule has 0 saturated carbocycles. The summed E-state index contributed by atoms with van der Waals surface area (Å²) in [5.74, 6) is 0.161. The molecule has 0 spiro atoms. The van der Waals surface area contributed by atoms with Gasteiger partial charge in [-0.3, -0.25) is 0 Å². The molecule has 1 N–H and O–H groups in total. The molecular weight excluding hydrogens is 256 g/mol. The highest BCUT2D eigenvalue weighted by Gasteiger charge is 2.08. The molecule has 1 aromatic heterocycles. The van der Waals surface area contributed by atoms with Gasteiger partial charge in [0.25, 0.3) is 0 Å². The van der Waals surface area contributed by atoms with Crippen LogP contribution in [0.3, 0.4) is 0 Å². The zero-order chi connectivity index (χ0) is 9.42. The Morgan fingerprint density at radius 1 is 1.46 bits per heavy atom. The fraction of sp³-hybridized carbons (Fsp3) is 0.111. The maximum atomic E-state index is 13.1. The summed E-state index contributed by atoms with van der Waals surface area (Å²) in [5.41, 5.74) is 1.74. The predicted octanol–water partition coefficient (Wildman–Crippen LogP) is 3.81. The van der Waals surface area contributed by atoms with E-state index in [0.29, 0.717) is 10.4 Å². The fourth-order valence-corrected chi connectivity index (χ4v) is 1.99. The summed E-state index contributed by atoms with van der Waals surface area (Å²) in [5, 5.41) is 0.961. The lowest BCUT2D eigenvalue weighted by atomic mass is 10.2. The van der Waals surface area contributed by atoms with Gasteiger partial charge in [0.05, 0.1) is 9.99 Å². The zero-order valence-corrected chi connectivity index (χ0v) is 8.91. The van der Waals surface area contributed by atoms with E-state index in [4.69, 9.17) is 11.6 Å². The Hall–Kier alpha value is -0.540. The summed E-state index contributed by atoms with van der Waals surface area (Å²) >= 11 is 8.88. The molecule has 2 aromatic rings. The summed E-state index contributed by atoms with van der Waals surface area (Å²) in [6, 6.07) is 3.15. The maximum absolute atomic E-state index is 13.1. The lowest BCUT2D eigenvalue weighted by Crippen LogP contribution is -1.79. The quantitative estimate of drug-likeness (QED) is 0.752. The Bertz CT molecular complexity index is 452. The first kappa shape index (κ1) is 9.03. The van der Waals surface area contributed by atoms with Crippen LogP contribution < -0.4 is 0 Å². The lowest BCUT2D eigenvalue weighted by Gasteiger charge is -1.96. The molecular formula is C9H6BrClFN. The van der Waals surface area contributed by atoms with Crippen molar-refractivity contribution in [2.45, 2.75) is 5.88 Å². The van der Waals surface area contributed by atoms with Crippen LogP contribution in [0.2, 0.25) is 0 Å². The number of benzene rings is 1. The van der Waals surface area contributed by atoms with Gasteiger partial charge in [-0.2, -0.15) is 0 Å². The van der Waals surface area contributed by atoms with Crippen molar-refractivity contribution in [2.75, 3.05) is 0 Å². The molecule has 0 unspecified atom stereocenters. The summed E-state index contributed by atoms with van der Waals surface area (Å²) < 4.78 is 13.5. The minimum Gasteiger partial charge on any atom is -0.360 e. The monoisotopic (exact) mass is 261 g/mol. The average Bonchev–Trinajstić information content (AvgIpc) is 2.55. The molecule has 0 aliphatic heterocycles. The van der Waals surface area contributed by atoms with Crippen LogP contribution in [-0.4, -0.2) is 4.98 Å². The molecule has 1 aromatic carbocycles. The molecule has 0 aliphatic rings. The predicted molar refractivity (Wildman–Crippen MR) is 55.5 cm³/mol. The van der Waals surface area contributed by atoms with E-state index in [-0.39, 0.29) is 5.82 Å². The first-order chi connectivity index (χ1) is 6.24. The van der Waals surface area contributed by atoms with Gasteiger partial charge in [-0.1, -0.05) is 0 Å². The van der Waals surface area contributed by atoms with Crippen molar-refractivity contribution in [1.82, 2.24) is 4.98 Å². The number of aromatic nitrogens is 1. The average molecular weight is 263 g/mol. The molecule has 1 nitrogen and oxygen atoms in total. The molecule has 0 fully saturated rings. The Balaban J connectivity index is 2.81. The minimum atomic E-state index is -0.268. The lowest BCUT2D eigenvalue weighted by molar-refractivity contribution is 0.623. The van der Waals surface area contributed by atoms with E-state index in [1.54, 1.807) is 12.3 Å². The van der Waals surface area contributed by atoms with Gasteiger partial charge in [0.1, 0.15) is 5.82 Å². The normalized spacial score (nSPS) is 11.0. The van der Waals surface area contributed by atoms with Crippen LogP contribution in [0.25, 0.3) is 10.9 Å². The van der Waals surface area contributed by atoms with Crippen molar-refractivity contribution in [1.29, 1.82) is 0 Å². The van der Waals surface area contributed by atoms with E-state index in [0.717, 1.165) is 16.5 Å². The van der Waals surface area contributed by atoms with E-state index >= 15 is 0 Å². The molecule has 4 heteroatoms. The van der Waals surface area contributed by atoms with Crippen molar-refractivity contribution in [3.63, 3.8) is 0 Å². The van der Waals surface area contributed by atoms with E-state index in [1.165, 1.54) is 6.07 Å². The van der Waals surface area contributed by atoms with Gasteiger partial charge in [0.2, 0.25) is 0 Å². The van der Waals surface area contributed by atoms with Crippen LogP contribution in [0.4, 0.5) is 4.39 Å². The SMILES string of the molecule is Fc1ccc2c(CCl)c[nH]c2c1Br. The number of hydrogen-bond acceptors (Lipinski definition) is 0. The zero-order valence-electron chi connectivity index (χ0n) is 6.57. The molecule has 0 radical (unpaired) electrons. The van der Waals surface area contributed by atoms with E-state index in [9.17, 15) is 4.39 Å². The standard InChI is InChI=1S/C9H6BrClFN/c10-8-7(12)2-1-6-5(3-11)4-13-9(6)8/h1-2,4,13H,3H2. The van der Waals surface area contributed by atoms with Crippen molar-refractivity contribution in [3.05, 3.63) is 34.2 Å². The Morgan fingerprint density at radius 2 is 2.23 bits per heavy atom. The van der Waals surface area contributed by atoms with E-state index in [1.807, 2.05) is 0 Å². The van der Waals surface area contributed by atoms with Crippen LogP contribution in [0.15, 0.2) is 22.8 Å². The molecule has 0 saturated heterocycles. The molecule has 0 amide bonds.